The average molecular weight is 345 g/mol. The van der Waals surface area contributed by atoms with Gasteiger partial charge in [-0.25, -0.2) is 4.68 Å². The van der Waals surface area contributed by atoms with Crippen molar-refractivity contribution >= 4 is 5.91 Å². The van der Waals surface area contributed by atoms with E-state index in [0.29, 0.717) is 11.4 Å². The van der Waals surface area contributed by atoms with Gasteiger partial charge in [0.2, 0.25) is 0 Å². The smallest absolute Gasteiger partial charge is 0.251 e. The number of tetrazole rings is 1. The molecule has 4 aromatic rings. The van der Waals surface area contributed by atoms with Crippen molar-refractivity contribution in [3.05, 3.63) is 84.4 Å². The summed E-state index contributed by atoms with van der Waals surface area (Å²) in [5.41, 5.74) is 2.19. The minimum Gasteiger partial charge on any atom is -0.345 e. The van der Waals surface area contributed by atoms with Gasteiger partial charge in [-0.2, -0.15) is 9.78 Å². The zero-order chi connectivity index (χ0) is 17.8. The first-order valence-electron chi connectivity index (χ1n) is 8.02. The second-order valence-corrected chi connectivity index (χ2v) is 5.53. The van der Waals surface area contributed by atoms with Crippen LogP contribution in [0.15, 0.2) is 73.1 Å². The molecule has 128 valence electrons. The van der Waals surface area contributed by atoms with E-state index >= 15 is 0 Å². The van der Waals surface area contributed by atoms with Crippen LogP contribution in [-0.4, -0.2) is 35.9 Å². The van der Waals surface area contributed by atoms with Gasteiger partial charge in [-0.05, 0) is 46.8 Å². The molecule has 0 saturated carbocycles. The molecule has 0 aliphatic carbocycles. The topological polar surface area (TPSA) is 90.5 Å². The normalized spacial score (nSPS) is 10.6. The Morgan fingerprint density at radius 3 is 2.65 bits per heavy atom. The average Bonchev–Trinajstić information content (AvgIpc) is 3.39. The number of rotatable bonds is 5. The van der Waals surface area contributed by atoms with E-state index in [0.717, 1.165) is 11.4 Å². The minimum absolute atomic E-state index is 0.207. The minimum atomic E-state index is -0.207. The Kier molecular flexibility index (Phi) is 4.21. The van der Waals surface area contributed by atoms with Crippen molar-refractivity contribution in [2.45, 2.75) is 6.54 Å². The van der Waals surface area contributed by atoms with Gasteiger partial charge in [0.15, 0.2) is 5.82 Å². The summed E-state index contributed by atoms with van der Waals surface area (Å²) in [7, 11) is 0. The number of para-hydroxylation sites is 1. The first kappa shape index (κ1) is 15.7. The number of nitrogens with one attached hydrogen (secondary N) is 1. The monoisotopic (exact) mass is 345 g/mol. The van der Waals surface area contributed by atoms with Crippen LogP contribution in [-0.2, 0) is 6.54 Å². The summed E-state index contributed by atoms with van der Waals surface area (Å²) in [6, 6.07) is 18.6. The van der Waals surface area contributed by atoms with Crippen LogP contribution < -0.4 is 5.32 Å². The third kappa shape index (κ3) is 3.20. The quantitative estimate of drug-likeness (QED) is 0.595. The number of carbonyl (C=O) groups excluding carboxylic acids is 1. The molecule has 8 heteroatoms. The summed E-state index contributed by atoms with van der Waals surface area (Å²) in [6.07, 6.45) is 3.52. The van der Waals surface area contributed by atoms with Gasteiger partial charge in [0.25, 0.3) is 5.91 Å². The van der Waals surface area contributed by atoms with Gasteiger partial charge in [0.1, 0.15) is 0 Å². The van der Waals surface area contributed by atoms with Crippen molar-refractivity contribution in [2.75, 3.05) is 0 Å². The van der Waals surface area contributed by atoms with Gasteiger partial charge in [-0.1, -0.05) is 24.3 Å². The SMILES string of the molecule is O=C(NCc1nnnn1-c1ccccc1)c1cccc(-n2cccn2)c1. The highest BCUT2D eigenvalue weighted by molar-refractivity contribution is 5.94. The Labute approximate surface area is 149 Å². The molecule has 1 amide bonds. The first-order valence-corrected chi connectivity index (χ1v) is 8.02. The van der Waals surface area contributed by atoms with Gasteiger partial charge < -0.3 is 5.32 Å². The van der Waals surface area contributed by atoms with Crippen molar-refractivity contribution in [1.82, 2.24) is 35.3 Å². The predicted octanol–water partition coefficient (Wildman–Crippen LogP) is 1.78. The molecule has 2 aromatic carbocycles. The molecule has 8 nitrogen and oxygen atoms in total. The Morgan fingerprint density at radius 1 is 1.00 bits per heavy atom. The third-order valence-corrected chi connectivity index (χ3v) is 3.82. The predicted molar refractivity (Wildman–Crippen MR) is 93.9 cm³/mol. The van der Waals surface area contributed by atoms with Crippen LogP contribution >= 0.6 is 0 Å². The fourth-order valence-electron chi connectivity index (χ4n) is 2.56. The maximum Gasteiger partial charge on any atom is 0.251 e. The molecule has 0 unspecified atom stereocenters. The molecule has 2 heterocycles. The molecule has 2 aromatic heterocycles. The van der Waals surface area contributed by atoms with Gasteiger partial charge in [0.05, 0.1) is 17.9 Å². The molecule has 0 radical (unpaired) electrons. The highest BCUT2D eigenvalue weighted by atomic mass is 16.1. The van der Waals surface area contributed by atoms with E-state index in [1.807, 2.05) is 54.7 Å². The molecule has 0 spiro atoms. The largest absolute Gasteiger partial charge is 0.345 e. The second-order valence-electron chi connectivity index (χ2n) is 5.53. The number of aromatic nitrogens is 6. The lowest BCUT2D eigenvalue weighted by atomic mass is 10.2. The Morgan fingerprint density at radius 2 is 1.85 bits per heavy atom. The molecule has 0 bridgehead atoms. The van der Waals surface area contributed by atoms with E-state index in [2.05, 4.69) is 25.9 Å². The third-order valence-electron chi connectivity index (χ3n) is 3.82. The van der Waals surface area contributed by atoms with E-state index in [1.54, 1.807) is 27.7 Å². The van der Waals surface area contributed by atoms with Crippen LogP contribution in [0, 0.1) is 0 Å². The molecule has 0 saturated heterocycles. The van der Waals surface area contributed by atoms with Gasteiger partial charge >= 0.3 is 0 Å². The van der Waals surface area contributed by atoms with E-state index in [1.165, 1.54) is 0 Å². The van der Waals surface area contributed by atoms with Crippen molar-refractivity contribution in [3.8, 4) is 11.4 Å². The van der Waals surface area contributed by atoms with Crippen molar-refractivity contribution in [3.63, 3.8) is 0 Å². The lowest BCUT2D eigenvalue weighted by Gasteiger charge is -2.08. The van der Waals surface area contributed by atoms with Gasteiger partial charge in [-0.3, -0.25) is 4.79 Å². The van der Waals surface area contributed by atoms with Crippen LogP contribution in [0.1, 0.15) is 16.2 Å². The second kappa shape index (κ2) is 6.98. The molecule has 4 rings (SSSR count). The Hall–Kier alpha value is -3.81. The fourth-order valence-corrected chi connectivity index (χ4v) is 2.56. The Balaban J connectivity index is 1.49. The van der Waals surface area contributed by atoms with Crippen molar-refractivity contribution in [1.29, 1.82) is 0 Å². The van der Waals surface area contributed by atoms with Crippen molar-refractivity contribution < 1.29 is 4.79 Å². The summed E-state index contributed by atoms with van der Waals surface area (Å²) in [5.74, 6) is 0.342. The molecule has 0 aliphatic heterocycles. The molecular formula is C18H15N7O. The Bertz CT molecular complexity index is 1010. The van der Waals surface area contributed by atoms with E-state index in [-0.39, 0.29) is 12.5 Å². The summed E-state index contributed by atoms with van der Waals surface area (Å²) in [4.78, 5) is 12.5. The molecule has 0 aliphatic rings. The summed E-state index contributed by atoms with van der Waals surface area (Å²) in [6.45, 7) is 0.215. The van der Waals surface area contributed by atoms with Gasteiger partial charge in [-0.15, -0.1) is 5.10 Å². The number of nitrogens with zero attached hydrogens (tertiary/aromatic N) is 6. The van der Waals surface area contributed by atoms with Crippen LogP contribution in [0.2, 0.25) is 0 Å². The molecular weight excluding hydrogens is 330 g/mol. The number of hydrogen-bond donors (Lipinski definition) is 1. The summed E-state index contributed by atoms with van der Waals surface area (Å²) in [5, 5.41) is 18.7. The van der Waals surface area contributed by atoms with Crippen LogP contribution in [0.25, 0.3) is 11.4 Å². The zero-order valence-electron chi connectivity index (χ0n) is 13.7. The van der Waals surface area contributed by atoms with Crippen molar-refractivity contribution in [2.24, 2.45) is 0 Å². The highest BCUT2D eigenvalue weighted by Gasteiger charge is 2.11. The summed E-state index contributed by atoms with van der Waals surface area (Å²) >= 11 is 0. The fraction of sp³-hybridized carbons (Fsp3) is 0.0556. The maximum absolute atomic E-state index is 12.5. The van der Waals surface area contributed by atoms with Crippen LogP contribution in [0.3, 0.4) is 0 Å². The standard InChI is InChI=1S/C18H15N7O/c26-18(14-6-4-9-16(12-14)24-11-5-10-20-24)19-13-17-21-22-23-25(17)15-7-2-1-3-8-15/h1-12H,13H2,(H,19,26). The van der Waals surface area contributed by atoms with Crippen LogP contribution in [0.4, 0.5) is 0 Å². The van der Waals surface area contributed by atoms with Crippen LogP contribution in [0.5, 0.6) is 0 Å². The number of benzene rings is 2. The lowest BCUT2D eigenvalue weighted by molar-refractivity contribution is 0.0949. The number of amides is 1. The number of hydrogen-bond acceptors (Lipinski definition) is 5. The lowest BCUT2D eigenvalue weighted by Crippen LogP contribution is -2.24. The maximum atomic E-state index is 12.5. The van der Waals surface area contributed by atoms with E-state index in [4.69, 9.17) is 0 Å². The highest BCUT2D eigenvalue weighted by Crippen LogP contribution is 2.10. The van der Waals surface area contributed by atoms with Gasteiger partial charge in [0, 0.05) is 18.0 Å². The molecule has 0 fully saturated rings. The molecule has 1 N–H and O–H groups in total. The molecule has 26 heavy (non-hydrogen) atoms. The zero-order valence-corrected chi connectivity index (χ0v) is 13.7. The van der Waals surface area contributed by atoms with E-state index in [9.17, 15) is 4.79 Å². The summed E-state index contributed by atoms with van der Waals surface area (Å²) < 4.78 is 3.30. The first-order chi connectivity index (χ1) is 12.8. The number of carbonyl (C=O) groups is 1. The molecule has 0 atom stereocenters. The van der Waals surface area contributed by atoms with E-state index < -0.39 is 0 Å².